The van der Waals surface area contributed by atoms with Crippen molar-refractivity contribution >= 4 is 29.1 Å². The number of carbonyl (C=O) groups excluding carboxylic acids is 2. The molecule has 6 aliphatic rings. The number of para-hydroxylation sites is 1. The van der Waals surface area contributed by atoms with Crippen LogP contribution < -0.4 is 0 Å². The van der Waals surface area contributed by atoms with Crippen LogP contribution in [0.15, 0.2) is 183 Å². The number of nitriles is 1. The monoisotopic (exact) mass is 959 g/mol. The molecule has 5 aromatic rings. The van der Waals surface area contributed by atoms with Crippen LogP contribution in [0.3, 0.4) is 0 Å². The fourth-order valence-corrected chi connectivity index (χ4v) is 5.65. The standard InChI is InChI=1S/C10H10N2O2.C9H8N2O.C8H5N3.2C7H5N3O2.C5H8N2O2/c1-2-14-10(13)8-5-3-7(4-6-8)9-11-12-9;1-6(12)7-2-4-8(5-3-7)9-10-11-9;9-5-6-1-3-7(4-2-6)8-10-11-8;11-10(12)6-3-1-2-5(4-6)7-8-9-7;11-10(12)6-4-2-1-3-5(6)7-8-9-7;1-5(6-7-5)3-2-4(8)9/h3-6,9H,2H2,1H3;2-5,9H,1H3;1-4,8H;2*1-4,7H;2-3H2,1H3,(H,8,9)/i11+1,12+1;2*10+1,11+1;2*8+1,9+1;6+1,7+1. The number of carboxylic acid groups (broad SMARTS) is 1. The molecule has 0 unspecified atom stereocenters. The second-order valence-corrected chi connectivity index (χ2v) is 15.3. The molecule has 0 fully saturated rings. The first kappa shape index (κ1) is 50.0. The summed E-state index contributed by atoms with van der Waals surface area (Å²) in [4.78, 5) is 52.1. The van der Waals surface area contributed by atoms with Crippen molar-refractivity contribution in [3.63, 3.8) is 0 Å². The first-order valence-corrected chi connectivity index (χ1v) is 21.2. The van der Waals surface area contributed by atoms with E-state index in [4.69, 9.17) is 15.1 Å². The lowest BCUT2D eigenvalue weighted by Crippen LogP contribution is -2.07. The molecule has 24 heteroatoms. The maximum atomic E-state index is 11.3. The largest absolute Gasteiger partial charge is 0.481 e. The lowest BCUT2D eigenvalue weighted by atomic mass is 10.1. The van der Waals surface area contributed by atoms with E-state index in [1.54, 1.807) is 80.6 Å². The summed E-state index contributed by atoms with van der Waals surface area (Å²) in [5.74, 6) is -0.983. The van der Waals surface area contributed by atoms with Crippen LogP contribution in [-0.4, -0.2) is 44.9 Å². The van der Waals surface area contributed by atoms with Crippen LogP contribution in [0.4, 0.5) is 11.4 Å². The second-order valence-electron chi connectivity index (χ2n) is 15.3. The molecule has 0 spiro atoms. The molecule has 0 bridgehead atoms. The predicted octanol–water partition coefficient (Wildman–Crippen LogP) is 11.9. The molecule has 354 valence electrons. The molecular weight excluding hydrogens is 919 g/mol. The lowest BCUT2D eigenvalue weighted by molar-refractivity contribution is -0.385. The molecule has 1 N–H and O–H groups in total. The van der Waals surface area contributed by atoms with Gasteiger partial charge in [-0.15, -0.1) is 0 Å². The minimum Gasteiger partial charge on any atom is -0.481 e. The number of nitro benzene ring substituents is 2. The Morgan fingerprint density at radius 3 is 1.53 bits per heavy atom. The number of ketones is 1. The highest BCUT2D eigenvalue weighted by molar-refractivity contribution is 5.94. The molecule has 0 aliphatic carbocycles. The normalized spacial score (nSPS) is 15.2. The summed E-state index contributed by atoms with van der Waals surface area (Å²) < 4.78 is 4.86. The van der Waals surface area contributed by atoms with Crippen molar-refractivity contribution in [1.82, 2.24) is 0 Å². The van der Waals surface area contributed by atoms with E-state index >= 15 is 0 Å². The van der Waals surface area contributed by atoms with Crippen molar-refractivity contribution in [2.45, 2.75) is 70.1 Å². The molecule has 0 saturated heterocycles. The molecule has 70 heavy (non-hydrogen) atoms. The van der Waals surface area contributed by atoms with E-state index in [9.17, 15) is 34.6 Å². The van der Waals surface area contributed by atoms with Crippen LogP contribution in [0, 0.1) is 31.6 Å². The van der Waals surface area contributed by atoms with Gasteiger partial charge in [0, 0.05) is 58.9 Å². The number of Topliss-reactive ketones (excluding diaryl/α,β-unsaturated/α-hetero) is 1. The maximum Gasteiger partial charge on any atom is 0.338 e. The van der Waals surface area contributed by atoms with Gasteiger partial charge in [0.1, 0.15) is 0 Å². The van der Waals surface area contributed by atoms with Gasteiger partial charge in [0.25, 0.3) is 11.4 Å². The van der Waals surface area contributed by atoms with Gasteiger partial charge in [-0.25, -0.2) is 4.79 Å². The number of non-ortho nitro benzene ring substituents is 1. The van der Waals surface area contributed by atoms with Crippen LogP contribution in [-0.2, 0) is 9.53 Å². The van der Waals surface area contributed by atoms with Gasteiger partial charge in [-0.3, -0.25) is 29.8 Å². The number of hydrogen-bond donors (Lipinski definition) is 1. The summed E-state index contributed by atoms with van der Waals surface area (Å²) >= 11 is 0. The van der Waals surface area contributed by atoms with Crippen molar-refractivity contribution in [3.05, 3.63) is 186 Å². The average Bonchev–Trinajstić information content (AvgIpc) is 4.16. The predicted molar refractivity (Wildman–Crippen MR) is 244 cm³/mol. The topological polar surface area (TPSA) is 339 Å². The summed E-state index contributed by atoms with van der Waals surface area (Å²) in [6, 6.07) is 36.8. The zero-order valence-electron chi connectivity index (χ0n) is 37.5. The summed E-state index contributed by atoms with van der Waals surface area (Å²) in [6.45, 7) is 5.55. The Kier molecular flexibility index (Phi) is 16.7. The number of benzene rings is 5. The van der Waals surface area contributed by atoms with Gasteiger partial charge in [0.2, 0.25) is 30.8 Å². The third-order valence-electron chi connectivity index (χ3n) is 9.87. The number of hydrogen-bond acceptors (Lipinski definition) is 21. The second kappa shape index (κ2) is 23.4. The number of carboxylic acids is 1. The van der Waals surface area contributed by atoms with Gasteiger partial charge >= 0.3 is 11.9 Å². The van der Waals surface area contributed by atoms with Gasteiger partial charge in [-0.1, -0.05) is 72.8 Å². The third kappa shape index (κ3) is 16.5. The summed E-state index contributed by atoms with van der Waals surface area (Å²) in [5, 5.41) is 82.2. The van der Waals surface area contributed by atoms with Gasteiger partial charge < -0.3 is 9.84 Å². The number of ether oxygens (including phenoxy) is 1. The Morgan fingerprint density at radius 2 is 1.11 bits per heavy atom. The zero-order valence-corrected chi connectivity index (χ0v) is 37.5. The molecule has 5 aromatic carbocycles. The molecule has 0 saturated carbocycles. The van der Waals surface area contributed by atoms with Crippen molar-refractivity contribution in [2.24, 2.45) is 61.4 Å². The Labute approximate surface area is 397 Å². The number of carbonyl (C=O) groups is 3. The van der Waals surface area contributed by atoms with Crippen molar-refractivity contribution in [1.29, 1.82) is 5.26 Å². The number of rotatable bonds is 13. The first-order valence-electron chi connectivity index (χ1n) is 21.2. The summed E-state index contributed by atoms with van der Waals surface area (Å²) in [7, 11) is 0. The van der Waals surface area contributed by atoms with Crippen LogP contribution in [0.2, 0.25) is 0 Å². The van der Waals surface area contributed by atoms with Gasteiger partial charge in [-0.05, 0) is 51.1 Å². The minimum absolute atomic E-state index is 0.00811. The van der Waals surface area contributed by atoms with Crippen LogP contribution in [0.1, 0.15) is 119 Å². The Bertz CT molecular complexity index is 2920. The fourth-order valence-electron chi connectivity index (χ4n) is 5.65. The molecule has 0 radical (unpaired) electrons. The van der Waals surface area contributed by atoms with E-state index in [1.165, 1.54) is 18.2 Å². The number of esters is 1. The maximum absolute atomic E-state index is 11.3. The third-order valence-corrected chi connectivity index (χ3v) is 9.87. The fraction of sp³-hybridized carbons (Fsp3) is 0.261. The highest BCUT2D eigenvalue weighted by Crippen LogP contribution is 2.37. The highest BCUT2D eigenvalue weighted by atomic mass is 16.6. The molecule has 0 amide bonds. The molecule has 6 heterocycles. The van der Waals surface area contributed by atoms with E-state index in [0.717, 1.165) is 27.8 Å². The molecule has 0 aromatic heterocycles. The van der Waals surface area contributed by atoms with Crippen molar-refractivity contribution in [2.75, 3.05) is 6.61 Å². The van der Waals surface area contributed by atoms with Gasteiger partial charge in [-0.2, -0.15) is 66.6 Å². The zero-order chi connectivity index (χ0) is 50.2. The molecule has 6 aliphatic heterocycles. The van der Waals surface area contributed by atoms with Crippen LogP contribution >= 0.6 is 0 Å². The average molecular weight is 960 g/mol. The molecule has 0 atom stereocenters. The Hall–Kier alpha value is -9.40. The number of nitro groups is 2. The quantitative estimate of drug-likeness (QED) is 0.0382. The van der Waals surface area contributed by atoms with Crippen LogP contribution in [0.25, 0.3) is 0 Å². The van der Waals surface area contributed by atoms with E-state index in [0.29, 0.717) is 29.7 Å². The van der Waals surface area contributed by atoms with E-state index in [1.807, 2.05) is 43.3 Å². The highest BCUT2D eigenvalue weighted by Gasteiger charge is 2.33. The van der Waals surface area contributed by atoms with E-state index < -0.39 is 15.8 Å². The Balaban J connectivity index is 0.000000138. The van der Waals surface area contributed by atoms with Gasteiger partial charge in [0.15, 0.2) is 11.4 Å². The first-order chi connectivity index (χ1) is 33.7. The Morgan fingerprint density at radius 1 is 0.643 bits per heavy atom. The van der Waals surface area contributed by atoms with E-state index in [2.05, 4.69) is 67.4 Å². The van der Waals surface area contributed by atoms with Crippen molar-refractivity contribution in [3.8, 4) is 6.07 Å². The molecule has 11 rings (SSSR count). The van der Waals surface area contributed by atoms with Gasteiger partial charge in [0.05, 0.1) is 39.2 Å². The number of aliphatic carboxylic acids is 1. The van der Waals surface area contributed by atoms with Crippen molar-refractivity contribution < 1.29 is 34.1 Å². The molecular formula is C46H41N15O9. The minimum atomic E-state index is -0.784. The van der Waals surface area contributed by atoms with E-state index in [-0.39, 0.29) is 66.0 Å². The molecule has 24 nitrogen and oxygen atoms in total. The SMILES string of the molecule is CC(=O)c1ccc(C2[15N]=[15N]2)cc1.CC1(CCC(=O)O)[15N]=[15N]1.CCOC(=O)c1ccc(C2[15N]=[15N]2)cc1.N#Cc1ccc(C2[15N]=[15N]2)cc1.O=[N+]([O-])c1cccc(C2[15N]=[15N]2)c1.O=[N+]([O-])c1ccccc1C1[15N]=[15N]1. The van der Waals surface area contributed by atoms with Crippen LogP contribution in [0.5, 0.6) is 0 Å². The lowest BCUT2D eigenvalue weighted by Gasteiger charge is -2.01. The summed E-state index contributed by atoms with van der Waals surface area (Å²) in [5.41, 5.74) is 6.29. The smallest absolute Gasteiger partial charge is 0.338 e. The number of nitrogens with zero attached hydrogens (tertiary/aromatic N) is 15. The summed E-state index contributed by atoms with van der Waals surface area (Å²) in [6.07, 6.45) is 0.294.